The smallest absolute Gasteiger partial charge is 0.324 e. The Morgan fingerprint density at radius 3 is 2.63 bits per heavy atom. The van der Waals surface area contributed by atoms with E-state index in [-0.39, 0.29) is 48.9 Å². The van der Waals surface area contributed by atoms with E-state index in [1.165, 1.54) is 16.3 Å². The van der Waals surface area contributed by atoms with E-state index in [0.717, 1.165) is 50.4 Å². The number of nitrogens with zero attached hydrogens (tertiary/aromatic N) is 5. The van der Waals surface area contributed by atoms with E-state index in [1.54, 1.807) is 13.3 Å². The van der Waals surface area contributed by atoms with Gasteiger partial charge in [0.15, 0.2) is 0 Å². The Kier molecular flexibility index (Phi) is 11.9. The lowest BCUT2D eigenvalue weighted by Crippen LogP contribution is -2.61. The van der Waals surface area contributed by atoms with Crippen LogP contribution in [0.3, 0.4) is 0 Å². The van der Waals surface area contributed by atoms with Crippen molar-refractivity contribution in [2.75, 3.05) is 26.9 Å². The molecule has 1 aromatic carbocycles. The molecule has 14 heteroatoms. The van der Waals surface area contributed by atoms with Crippen LogP contribution in [0.4, 0.5) is 0 Å². The number of aromatic nitrogens is 4. The first kappa shape index (κ1) is 41.7. The van der Waals surface area contributed by atoms with Gasteiger partial charge in [-0.05, 0) is 86.9 Å². The summed E-state index contributed by atoms with van der Waals surface area (Å²) in [6.07, 6.45) is 4.07. The van der Waals surface area contributed by atoms with Crippen molar-refractivity contribution in [3.63, 3.8) is 0 Å². The highest BCUT2D eigenvalue weighted by molar-refractivity contribution is 7.10. The van der Waals surface area contributed by atoms with Crippen molar-refractivity contribution < 1.29 is 28.6 Å². The standard InChI is InChI=1S/C46H55N7O6S/c1-8-58-41-39(50-42(54)37-26(2)27(37)3)44(55)53-20-12-15-34(51-53)45(56)59-25-46(5,6)22-33-32-21-29(35-24-60-43(41)49-35)16-17-36(32)52(23-30-13-9-10-18-47-30)40(33)31-14-11-19-48-38(31)28(4)57-7/h9-11,13-14,16-19,21,24,26-28,34,37,39,41,51H,8,12,15,20,22-23,25H2,1-7H3,(H,50,54)/t26-,27+,28-,34-,37?,39-,41-/m0/s1. The molecule has 8 rings (SSSR count). The zero-order chi connectivity index (χ0) is 42.3. The lowest BCUT2D eigenvalue weighted by atomic mass is 9.84. The molecule has 2 aliphatic heterocycles. The van der Waals surface area contributed by atoms with Crippen LogP contribution in [-0.2, 0) is 41.6 Å². The maximum atomic E-state index is 14.6. The van der Waals surface area contributed by atoms with Crippen molar-refractivity contribution in [1.29, 1.82) is 0 Å². The number of rotatable bonds is 9. The SMILES string of the molecule is CCO[C@@H]1c2nc(cs2)-c2ccc3c(c2)c(c(-c2cccnc2[C@H](C)OC)n3Cc2ccccn2)CC(C)(C)COC(=O)[C@@H]2CCCN(N2)C(=O)[C@H]1NC(=O)C1[C@@H](C)[C@H]1C. The number of carbonyl (C=O) groups is 3. The summed E-state index contributed by atoms with van der Waals surface area (Å²) in [5.41, 5.74) is 9.98. The van der Waals surface area contributed by atoms with Crippen molar-refractivity contribution in [2.24, 2.45) is 23.2 Å². The molecule has 2 N–H and O–H groups in total. The van der Waals surface area contributed by atoms with Gasteiger partial charge in [-0.25, -0.2) is 10.4 Å². The van der Waals surface area contributed by atoms with Crippen molar-refractivity contribution in [1.82, 2.24) is 35.3 Å². The lowest BCUT2D eigenvalue weighted by Gasteiger charge is -2.37. The molecule has 7 atom stereocenters. The molecule has 13 nitrogen and oxygen atoms in total. The first-order valence-corrected chi connectivity index (χ1v) is 21.9. The van der Waals surface area contributed by atoms with Crippen LogP contribution in [-0.4, -0.2) is 81.3 Å². The fraction of sp³-hybridized carbons (Fsp3) is 0.478. The number of fused-ring (bicyclic) bond motifs is 6. The second-order valence-electron chi connectivity index (χ2n) is 17.2. The monoisotopic (exact) mass is 833 g/mol. The minimum Gasteiger partial charge on any atom is -0.464 e. The number of hydrazine groups is 1. The number of hydrogen-bond donors (Lipinski definition) is 2. The lowest BCUT2D eigenvalue weighted by molar-refractivity contribution is -0.156. The third kappa shape index (κ3) is 8.22. The summed E-state index contributed by atoms with van der Waals surface area (Å²) in [5, 5.41) is 8.12. The first-order valence-electron chi connectivity index (χ1n) is 21.0. The molecule has 4 aromatic heterocycles. The van der Waals surface area contributed by atoms with Crippen LogP contribution in [0, 0.1) is 23.2 Å². The molecule has 316 valence electrons. The predicted octanol–water partition coefficient (Wildman–Crippen LogP) is 7.06. The Bertz CT molecular complexity index is 2370. The van der Waals surface area contributed by atoms with E-state index in [9.17, 15) is 14.4 Å². The van der Waals surface area contributed by atoms with E-state index in [2.05, 4.69) is 53.4 Å². The van der Waals surface area contributed by atoms with Crippen LogP contribution in [0.2, 0.25) is 0 Å². The Balaban J connectivity index is 1.32. The van der Waals surface area contributed by atoms with Gasteiger partial charge in [0, 0.05) is 71.4 Å². The Morgan fingerprint density at radius 2 is 1.90 bits per heavy atom. The summed E-state index contributed by atoms with van der Waals surface area (Å²) in [6.45, 7) is 13.5. The molecule has 6 heterocycles. The highest BCUT2D eigenvalue weighted by Gasteiger charge is 2.50. The van der Waals surface area contributed by atoms with Crippen molar-refractivity contribution in [3.8, 4) is 22.5 Å². The van der Waals surface area contributed by atoms with Crippen molar-refractivity contribution >= 4 is 40.0 Å². The van der Waals surface area contributed by atoms with Crippen LogP contribution in [0.15, 0.2) is 66.3 Å². The van der Waals surface area contributed by atoms with Gasteiger partial charge >= 0.3 is 5.97 Å². The molecule has 60 heavy (non-hydrogen) atoms. The Morgan fingerprint density at radius 1 is 1.10 bits per heavy atom. The molecule has 0 radical (unpaired) electrons. The van der Waals surface area contributed by atoms with E-state index < -0.39 is 29.6 Å². The molecule has 1 saturated heterocycles. The van der Waals surface area contributed by atoms with Gasteiger partial charge < -0.3 is 24.1 Å². The molecule has 2 amide bonds. The van der Waals surface area contributed by atoms with Gasteiger partial charge in [-0.15, -0.1) is 11.3 Å². The van der Waals surface area contributed by atoms with Gasteiger partial charge in [0.05, 0.1) is 42.0 Å². The molecular weight excluding hydrogens is 779 g/mol. The zero-order valence-electron chi connectivity index (χ0n) is 35.4. The minimum absolute atomic E-state index is 0.136. The molecule has 1 aliphatic carbocycles. The van der Waals surface area contributed by atoms with Crippen LogP contribution < -0.4 is 10.7 Å². The number of hydrogen-bond acceptors (Lipinski definition) is 11. The average molecular weight is 834 g/mol. The molecule has 5 aromatic rings. The largest absolute Gasteiger partial charge is 0.464 e. The molecule has 1 unspecified atom stereocenters. The topological polar surface area (TPSA) is 150 Å². The molecule has 3 aliphatic rings. The maximum Gasteiger partial charge on any atom is 0.324 e. The number of cyclic esters (lactones) is 1. The van der Waals surface area contributed by atoms with E-state index in [1.807, 2.05) is 63.5 Å². The zero-order valence-corrected chi connectivity index (χ0v) is 36.3. The summed E-state index contributed by atoms with van der Waals surface area (Å²) in [4.78, 5) is 57.0. The van der Waals surface area contributed by atoms with Crippen LogP contribution in [0.25, 0.3) is 33.4 Å². The van der Waals surface area contributed by atoms with Crippen molar-refractivity contribution in [3.05, 3.63) is 88.3 Å². The normalized spacial score (nSPS) is 24.8. The summed E-state index contributed by atoms with van der Waals surface area (Å²) >= 11 is 1.40. The quantitative estimate of drug-likeness (QED) is 0.148. The fourth-order valence-corrected chi connectivity index (χ4v) is 9.73. The number of methoxy groups -OCH3 is 1. The number of carbonyl (C=O) groups excluding carboxylic acids is 3. The highest BCUT2D eigenvalue weighted by Crippen LogP contribution is 2.46. The number of ether oxygens (including phenoxy) is 3. The molecule has 6 bridgehead atoms. The molecule has 2 fully saturated rings. The highest BCUT2D eigenvalue weighted by atomic mass is 32.1. The maximum absolute atomic E-state index is 14.6. The van der Waals surface area contributed by atoms with Gasteiger partial charge in [0.2, 0.25) is 5.91 Å². The minimum atomic E-state index is -1.09. The summed E-state index contributed by atoms with van der Waals surface area (Å²) in [6, 6.07) is 14.5. The third-order valence-electron chi connectivity index (χ3n) is 12.4. The number of benzene rings is 1. The summed E-state index contributed by atoms with van der Waals surface area (Å²) in [7, 11) is 1.69. The predicted molar refractivity (Wildman–Crippen MR) is 229 cm³/mol. The Hall–Kier alpha value is -5.02. The van der Waals surface area contributed by atoms with Gasteiger partial charge in [-0.1, -0.05) is 39.8 Å². The summed E-state index contributed by atoms with van der Waals surface area (Å²) in [5.74, 6) is -0.786. The van der Waals surface area contributed by atoms with Gasteiger partial charge in [-0.2, -0.15) is 0 Å². The average Bonchev–Trinajstić information content (AvgIpc) is 3.53. The number of amides is 2. The Labute approximate surface area is 355 Å². The van der Waals surface area contributed by atoms with E-state index >= 15 is 0 Å². The van der Waals surface area contributed by atoms with Crippen LogP contribution >= 0.6 is 11.3 Å². The number of thiazole rings is 1. The third-order valence-corrected chi connectivity index (χ3v) is 13.3. The first-order chi connectivity index (χ1) is 28.9. The number of esters is 1. The van der Waals surface area contributed by atoms with E-state index in [0.29, 0.717) is 37.4 Å². The molecule has 1 saturated carbocycles. The van der Waals surface area contributed by atoms with Gasteiger partial charge in [0.25, 0.3) is 5.91 Å². The molecular formula is C46H55N7O6S. The summed E-state index contributed by atoms with van der Waals surface area (Å²) < 4.78 is 20.7. The number of pyridine rings is 2. The fourth-order valence-electron chi connectivity index (χ4n) is 8.82. The number of nitrogens with one attached hydrogen (secondary N) is 2. The second kappa shape index (κ2) is 17.2. The van der Waals surface area contributed by atoms with E-state index in [4.69, 9.17) is 29.2 Å². The van der Waals surface area contributed by atoms with Crippen LogP contribution in [0.1, 0.15) is 88.6 Å². The molecule has 0 spiro atoms. The second-order valence-corrected chi connectivity index (χ2v) is 18.1. The van der Waals surface area contributed by atoms with Gasteiger partial charge in [0.1, 0.15) is 23.2 Å². The van der Waals surface area contributed by atoms with Gasteiger partial charge in [-0.3, -0.25) is 29.4 Å². The van der Waals surface area contributed by atoms with Crippen LogP contribution in [0.5, 0.6) is 0 Å². The van der Waals surface area contributed by atoms with Crippen molar-refractivity contribution in [2.45, 2.75) is 91.6 Å².